The second-order valence-corrected chi connectivity index (χ2v) is 5.91. The van der Waals surface area contributed by atoms with Gasteiger partial charge < -0.3 is 14.5 Å². The number of hydrogen-bond donors (Lipinski definition) is 0. The summed E-state index contributed by atoms with van der Waals surface area (Å²) in [5.74, 6) is 0.0462. The molecule has 0 aromatic heterocycles. The highest BCUT2D eigenvalue weighted by molar-refractivity contribution is 5.99. The lowest BCUT2D eigenvalue weighted by Gasteiger charge is -2.32. The molecule has 2 heterocycles. The average molecular weight is 302 g/mol. The second-order valence-electron chi connectivity index (χ2n) is 5.91. The standard InChI is InChI=1S/C17H22N2O3/c1-13-5-2-3-6-14(13)16(20)19-8-4-7-15(19)17(21)18-9-11-22-12-10-18/h2-3,5-6,15H,4,7-12H2,1H3/t15-/m1/s1. The van der Waals surface area contributed by atoms with Crippen molar-refractivity contribution in [3.8, 4) is 0 Å². The largest absolute Gasteiger partial charge is 0.378 e. The maximum Gasteiger partial charge on any atom is 0.254 e. The third-order valence-corrected chi connectivity index (χ3v) is 4.50. The first-order chi connectivity index (χ1) is 10.7. The van der Waals surface area contributed by atoms with Crippen LogP contribution in [-0.4, -0.2) is 60.5 Å². The average Bonchev–Trinajstić information content (AvgIpc) is 3.04. The van der Waals surface area contributed by atoms with Gasteiger partial charge in [-0.15, -0.1) is 0 Å². The van der Waals surface area contributed by atoms with Crippen LogP contribution in [0.15, 0.2) is 24.3 Å². The van der Waals surface area contributed by atoms with Crippen LogP contribution in [0.5, 0.6) is 0 Å². The van der Waals surface area contributed by atoms with Crippen LogP contribution in [0.2, 0.25) is 0 Å². The normalized spacial score (nSPS) is 22.0. The molecule has 1 aromatic carbocycles. The van der Waals surface area contributed by atoms with Gasteiger partial charge in [-0.1, -0.05) is 18.2 Å². The van der Waals surface area contributed by atoms with E-state index in [0.717, 1.165) is 18.4 Å². The van der Waals surface area contributed by atoms with E-state index in [1.54, 1.807) is 4.90 Å². The first kappa shape index (κ1) is 15.0. The predicted octanol–water partition coefficient (Wildman–Crippen LogP) is 1.46. The van der Waals surface area contributed by atoms with Crippen molar-refractivity contribution >= 4 is 11.8 Å². The summed E-state index contributed by atoms with van der Waals surface area (Å²) in [4.78, 5) is 29.1. The zero-order valence-electron chi connectivity index (χ0n) is 13.0. The number of amides is 2. The quantitative estimate of drug-likeness (QED) is 0.831. The Labute approximate surface area is 130 Å². The van der Waals surface area contributed by atoms with Crippen LogP contribution < -0.4 is 0 Å². The topological polar surface area (TPSA) is 49.9 Å². The third-order valence-electron chi connectivity index (χ3n) is 4.50. The van der Waals surface area contributed by atoms with Gasteiger partial charge in [-0.2, -0.15) is 0 Å². The molecule has 2 fully saturated rings. The molecule has 2 aliphatic rings. The van der Waals surface area contributed by atoms with Crippen LogP contribution in [-0.2, 0) is 9.53 Å². The monoisotopic (exact) mass is 302 g/mol. The van der Waals surface area contributed by atoms with Gasteiger partial charge in [0.1, 0.15) is 6.04 Å². The molecule has 22 heavy (non-hydrogen) atoms. The van der Waals surface area contributed by atoms with Crippen molar-refractivity contribution in [2.75, 3.05) is 32.8 Å². The molecular formula is C17H22N2O3. The maximum absolute atomic E-state index is 12.8. The van der Waals surface area contributed by atoms with Crippen LogP contribution in [0.4, 0.5) is 0 Å². The Morgan fingerprint density at radius 2 is 1.86 bits per heavy atom. The highest BCUT2D eigenvalue weighted by Gasteiger charge is 2.37. The molecule has 2 aliphatic heterocycles. The molecule has 0 radical (unpaired) electrons. The van der Waals surface area contributed by atoms with E-state index in [1.165, 1.54) is 0 Å². The number of benzene rings is 1. The molecule has 0 spiro atoms. The smallest absolute Gasteiger partial charge is 0.254 e. The number of likely N-dealkylation sites (tertiary alicyclic amines) is 1. The van der Waals surface area contributed by atoms with E-state index in [1.807, 2.05) is 36.1 Å². The summed E-state index contributed by atoms with van der Waals surface area (Å²) >= 11 is 0. The van der Waals surface area contributed by atoms with Crippen LogP contribution in [0.25, 0.3) is 0 Å². The van der Waals surface area contributed by atoms with Crippen molar-refractivity contribution in [2.24, 2.45) is 0 Å². The van der Waals surface area contributed by atoms with Gasteiger partial charge in [-0.3, -0.25) is 9.59 Å². The Bertz CT molecular complexity index is 567. The lowest BCUT2D eigenvalue weighted by Crippen LogP contribution is -2.51. The molecule has 0 unspecified atom stereocenters. The molecule has 1 atom stereocenters. The Hall–Kier alpha value is -1.88. The van der Waals surface area contributed by atoms with Crippen LogP contribution in [0.1, 0.15) is 28.8 Å². The predicted molar refractivity (Wildman–Crippen MR) is 82.6 cm³/mol. The first-order valence-electron chi connectivity index (χ1n) is 7.91. The van der Waals surface area contributed by atoms with E-state index < -0.39 is 0 Å². The number of aryl methyl sites for hydroxylation is 1. The minimum Gasteiger partial charge on any atom is -0.378 e. The third kappa shape index (κ3) is 2.86. The molecule has 0 bridgehead atoms. The summed E-state index contributed by atoms with van der Waals surface area (Å²) < 4.78 is 5.30. The van der Waals surface area contributed by atoms with E-state index in [4.69, 9.17) is 4.74 Å². The van der Waals surface area contributed by atoms with Gasteiger partial charge in [0.05, 0.1) is 13.2 Å². The van der Waals surface area contributed by atoms with E-state index in [9.17, 15) is 9.59 Å². The molecule has 1 aromatic rings. The van der Waals surface area contributed by atoms with Crippen molar-refractivity contribution in [3.05, 3.63) is 35.4 Å². The Morgan fingerprint density at radius 3 is 2.59 bits per heavy atom. The number of rotatable bonds is 2. The van der Waals surface area contributed by atoms with Crippen molar-refractivity contribution in [2.45, 2.75) is 25.8 Å². The second kappa shape index (κ2) is 6.48. The van der Waals surface area contributed by atoms with Gasteiger partial charge in [-0.05, 0) is 31.4 Å². The maximum atomic E-state index is 12.8. The highest BCUT2D eigenvalue weighted by Crippen LogP contribution is 2.23. The van der Waals surface area contributed by atoms with Crippen LogP contribution >= 0.6 is 0 Å². The molecule has 118 valence electrons. The minimum absolute atomic E-state index is 0.0257. The Kier molecular flexibility index (Phi) is 4.43. The Morgan fingerprint density at radius 1 is 1.14 bits per heavy atom. The fourth-order valence-electron chi connectivity index (χ4n) is 3.23. The van der Waals surface area contributed by atoms with E-state index in [0.29, 0.717) is 38.4 Å². The summed E-state index contributed by atoms with van der Waals surface area (Å²) in [6.07, 6.45) is 1.65. The highest BCUT2D eigenvalue weighted by atomic mass is 16.5. The zero-order valence-corrected chi connectivity index (χ0v) is 13.0. The molecule has 0 N–H and O–H groups in total. The summed E-state index contributed by atoms with van der Waals surface area (Å²) in [5.41, 5.74) is 1.65. The van der Waals surface area contributed by atoms with Gasteiger partial charge in [0.25, 0.3) is 5.91 Å². The van der Waals surface area contributed by atoms with Crippen LogP contribution in [0.3, 0.4) is 0 Å². The fraction of sp³-hybridized carbons (Fsp3) is 0.529. The lowest BCUT2D eigenvalue weighted by atomic mass is 10.1. The summed E-state index contributed by atoms with van der Waals surface area (Å²) in [6, 6.07) is 7.25. The number of carbonyl (C=O) groups is 2. The minimum atomic E-state index is -0.315. The van der Waals surface area contributed by atoms with E-state index >= 15 is 0 Å². The summed E-state index contributed by atoms with van der Waals surface area (Å²) in [5, 5.41) is 0. The molecule has 3 rings (SSSR count). The van der Waals surface area contributed by atoms with Crippen molar-refractivity contribution in [1.82, 2.24) is 9.80 Å². The molecule has 2 amide bonds. The van der Waals surface area contributed by atoms with Gasteiger partial charge >= 0.3 is 0 Å². The van der Waals surface area contributed by atoms with Crippen molar-refractivity contribution < 1.29 is 14.3 Å². The summed E-state index contributed by atoms with van der Waals surface area (Å²) in [7, 11) is 0. The first-order valence-corrected chi connectivity index (χ1v) is 7.91. The number of carbonyl (C=O) groups excluding carboxylic acids is 2. The number of hydrogen-bond acceptors (Lipinski definition) is 3. The van der Waals surface area contributed by atoms with Gasteiger partial charge in [0.15, 0.2) is 0 Å². The molecule has 0 saturated carbocycles. The molecule has 0 aliphatic carbocycles. The lowest BCUT2D eigenvalue weighted by molar-refractivity contribution is -0.139. The number of morpholine rings is 1. The number of nitrogens with zero attached hydrogens (tertiary/aromatic N) is 2. The Balaban J connectivity index is 1.76. The van der Waals surface area contributed by atoms with E-state index in [2.05, 4.69) is 0 Å². The molecular weight excluding hydrogens is 280 g/mol. The zero-order chi connectivity index (χ0) is 15.5. The van der Waals surface area contributed by atoms with Gasteiger partial charge in [0, 0.05) is 25.2 Å². The SMILES string of the molecule is Cc1ccccc1C(=O)N1CCC[C@@H]1C(=O)N1CCOCC1. The van der Waals surface area contributed by atoms with Crippen LogP contribution in [0, 0.1) is 6.92 Å². The molecule has 5 nitrogen and oxygen atoms in total. The van der Waals surface area contributed by atoms with Gasteiger partial charge in [-0.25, -0.2) is 0 Å². The van der Waals surface area contributed by atoms with Crippen molar-refractivity contribution in [3.63, 3.8) is 0 Å². The van der Waals surface area contributed by atoms with E-state index in [-0.39, 0.29) is 17.9 Å². The molecule has 5 heteroatoms. The molecule has 2 saturated heterocycles. The number of ether oxygens (including phenoxy) is 1. The van der Waals surface area contributed by atoms with Gasteiger partial charge in [0.2, 0.25) is 5.91 Å². The summed E-state index contributed by atoms with van der Waals surface area (Å²) in [6.45, 7) is 5.02. The van der Waals surface area contributed by atoms with Crippen molar-refractivity contribution in [1.29, 1.82) is 0 Å². The fourth-order valence-corrected chi connectivity index (χ4v) is 3.23.